The van der Waals surface area contributed by atoms with Crippen LogP contribution in [0.1, 0.15) is 11.1 Å². The van der Waals surface area contributed by atoms with Gasteiger partial charge in [0.25, 0.3) is 15.9 Å². The number of aryl methyl sites for hydroxylation is 1. The Labute approximate surface area is 180 Å². The number of hydrogen-bond acceptors (Lipinski definition) is 4. The van der Waals surface area contributed by atoms with E-state index in [0.717, 1.165) is 5.56 Å². The van der Waals surface area contributed by atoms with E-state index in [1.54, 1.807) is 55.5 Å². The molecule has 3 rings (SSSR count). The minimum absolute atomic E-state index is 0.114. The lowest BCUT2D eigenvalue weighted by Gasteiger charge is -2.12. The molecule has 0 fully saturated rings. The molecule has 0 aliphatic carbocycles. The number of benzene rings is 3. The Hall–Kier alpha value is -3.03. The Morgan fingerprint density at radius 3 is 2.37 bits per heavy atom. The van der Waals surface area contributed by atoms with Crippen molar-refractivity contribution in [3.63, 3.8) is 0 Å². The highest BCUT2D eigenvalue weighted by molar-refractivity contribution is 7.92. The molecule has 6 nitrogen and oxygen atoms in total. The van der Waals surface area contributed by atoms with Crippen molar-refractivity contribution in [1.29, 1.82) is 0 Å². The normalized spacial score (nSPS) is 11.0. The maximum absolute atomic E-state index is 12.5. The van der Waals surface area contributed by atoms with Gasteiger partial charge in [-0.2, -0.15) is 0 Å². The zero-order valence-electron chi connectivity index (χ0n) is 16.3. The summed E-state index contributed by atoms with van der Waals surface area (Å²) in [4.78, 5) is 12.1. The van der Waals surface area contributed by atoms with Crippen molar-refractivity contribution in [1.82, 2.24) is 5.32 Å². The molecular formula is C22H21ClN2O4S. The predicted molar refractivity (Wildman–Crippen MR) is 117 cm³/mol. The molecule has 0 unspecified atom stereocenters. The molecular weight excluding hydrogens is 424 g/mol. The number of carbonyl (C=O) groups excluding carboxylic acids is 1. The lowest BCUT2D eigenvalue weighted by molar-refractivity contribution is -0.123. The van der Waals surface area contributed by atoms with E-state index in [0.29, 0.717) is 28.6 Å². The number of ether oxygens (including phenoxy) is 1. The van der Waals surface area contributed by atoms with Gasteiger partial charge in [-0.05, 0) is 60.5 Å². The van der Waals surface area contributed by atoms with Gasteiger partial charge < -0.3 is 10.1 Å². The van der Waals surface area contributed by atoms with E-state index in [4.69, 9.17) is 16.3 Å². The van der Waals surface area contributed by atoms with Crippen LogP contribution in [0.3, 0.4) is 0 Å². The number of anilines is 1. The maximum Gasteiger partial charge on any atom is 0.261 e. The fourth-order valence-electron chi connectivity index (χ4n) is 2.67. The van der Waals surface area contributed by atoms with Crippen LogP contribution in [0.5, 0.6) is 5.75 Å². The molecule has 0 radical (unpaired) electrons. The number of amides is 1. The van der Waals surface area contributed by atoms with Gasteiger partial charge >= 0.3 is 0 Å². The van der Waals surface area contributed by atoms with E-state index in [2.05, 4.69) is 10.0 Å². The fraction of sp³-hybridized carbons (Fsp3) is 0.136. The van der Waals surface area contributed by atoms with Gasteiger partial charge in [-0.3, -0.25) is 9.52 Å². The predicted octanol–water partition coefficient (Wildman–Crippen LogP) is 4.14. The molecule has 0 atom stereocenters. The van der Waals surface area contributed by atoms with E-state index in [9.17, 15) is 13.2 Å². The van der Waals surface area contributed by atoms with Crippen LogP contribution in [0.25, 0.3) is 0 Å². The first kappa shape index (κ1) is 21.7. The monoisotopic (exact) mass is 444 g/mol. The number of carbonyl (C=O) groups is 1. The Morgan fingerprint density at radius 1 is 1.00 bits per heavy atom. The van der Waals surface area contributed by atoms with E-state index in [-0.39, 0.29) is 17.4 Å². The Balaban J connectivity index is 1.57. The quantitative estimate of drug-likeness (QED) is 0.546. The average molecular weight is 445 g/mol. The molecule has 8 heteroatoms. The van der Waals surface area contributed by atoms with Crippen molar-refractivity contribution in [3.05, 3.63) is 88.9 Å². The molecule has 30 heavy (non-hydrogen) atoms. The summed E-state index contributed by atoms with van der Waals surface area (Å²) >= 11 is 5.84. The van der Waals surface area contributed by atoms with Crippen molar-refractivity contribution < 1.29 is 17.9 Å². The zero-order valence-corrected chi connectivity index (χ0v) is 17.8. The molecule has 3 aromatic rings. The number of para-hydroxylation sites is 1. The lowest BCUT2D eigenvalue weighted by Crippen LogP contribution is -2.28. The highest BCUT2D eigenvalue weighted by Crippen LogP contribution is 2.23. The number of nitrogens with one attached hydrogen (secondary N) is 2. The summed E-state index contributed by atoms with van der Waals surface area (Å²) < 4.78 is 33.2. The second kappa shape index (κ2) is 9.65. The van der Waals surface area contributed by atoms with E-state index in [1.165, 1.54) is 12.1 Å². The number of rotatable bonds is 8. The second-order valence-corrected chi connectivity index (χ2v) is 8.71. The third-order valence-corrected chi connectivity index (χ3v) is 5.88. The van der Waals surface area contributed by atoms with E-state index >= 15 is 0 Å². The Morgan fingerprint density at radius 2 is 1.70 bits per heavy atom. The van der Waals surface area contributed by atoms with Crippen molar-refractivity contribution in [2.75, 3.05) is 11.3 Å². The summed E-state index contributed by atoms with van der Waals surface area (Å²) in [5.74, 6) is 0.155. The molecule has 0 saturated carbocycles. The number of halogens is 1. The third kappa shape index (κ3) is 5.98. The minimum Gasteiger partial charge on any atom is -0.484 e. The van der Waals surface area contributed by atoms with Gasteiger partial charge in [0.05, 0.1) is 4.90 Å². The van der Waals surface area contributed by atoms with Crippen LogP contribution >= 0.6 is 11.6 Å². The first-order valence-electron chi connectivity index (χ1n) is 9.16. The zero-order chi connectivity index (χ0) is 21.6. The summed E-state index contributed by atoms with van der Waals surface area (Å²) in [6.07, 6.45) is 0. The summed E-state index contributed by atoms with van der Waals surface area (Å²) in [5, 5.41) is 3.39. The third-order valence-electron chi connectivity index (χ3n) is 4.24. The van der Waals surface area contributed by atoms with Crippen molar-refractivity contribution in [2.24, 2.45) is 0 Å². The first-order chi connectivity index (χ1) is 14.3. The van der Waals surface area contributed by atoms with Gasteiger partial charge in [-0.25, -0.2) is 8.42 Å². The second-order valence-electron chi connectivity index (χ2n) is 6.59. The van der Waals surface area contributed by atoms with Gasteiger partial charge in [-0.15, -0.1) is 0 Å². The molecule has 0 aliphatic rings. The van der Waals surface area contributed by atoms with Crippen LogP contribution in [-0.2, 0) is 21.4 Å². The highest BCUT2D eigenvalue weighted by Gasteiger charge is 2.16. The molecule has 0 spiro atoms. The molecule has 156 valence electrons. The molecule has 0 bridgehead atoms. The molecule has 0 aliphatic heterocycles. The van der Waals surface area contributed by atoms with Crippen LogP contribution in [0.15, 0.2) is 77.7 Å². The van der Waals surface area contributed by atoms with Gasteiger partial charge in [-0.1, -0.05) is 41.9 Å². The molecule has 2 N–H and O–H groups in total. The maximum atomic E-state index is 12.5. The summed E-state index contributed by atoms with van der Waals surface area (Å²) in [6.45, 7) is 1.91. The summed E-state index contributed by atoms with van der Waals surface area (Å²) in [6, 6.07) is 20.3. The van der Waals surface area contributed by atoms with Crippen molar-refractivity contribution in [2.45, 2.75) is 18.4 Å². The molecule has 0 heterocycles. The Bertz CT molecular complexity index is 1120. The van der Waals surface area contributed by atoms with Crippen molar-refractivity contribution >= 4 is 33.2 Å². The van der Waals surface area contributed by atoms with Crippen LogP contribution in [-0.4, -0.2) is 20.9 Å². The van der Waals surface area contributed by atoms with E-state index < -0.39 is 10.0 Å². The Kier molecular flexibility index (Phi) is 6.97. The smallest absolute Gasteiger partial charge is 0.261 e. The van der Waals surface area contributed by atoms with Crippen LogP contribution in [0.2, 0.25) is 5.02 Å². The van der Waals surface area contributed by atoms with Gasteiger partial charge in [0.1, 0.15) is 5.75 Å². The topological polar surface area (TPSA) is 84.5 Å². The SMILES string of the molecule is Cc1cc(S(=O)(=O)Nc2ccccc2)ccc1OCC(=O)NCc1ccc(Cl)cc1. The first-order valence-corrected chi connectivity index (χ1v) is 11.0. The van der Waals surface area contributed by atoms with Gasteiger partial charge in [0, 0.05) is 17.3 Å². The van der Waals surface area contributed by atoms with Crippen molar-refractivity contribution in [3.8, 4) is 5.75 Å². The largest absolute Gasteiger partial charge is 0.484 e. The molecule has 3 aromatic carbocycles. The highest BCUT2D eigenvalue weighted by atomic mass is 35.5. The summed E-state index contributed by atoms with van der Waals surface area (Å²) in [7, 11) is -3.72. The lowest BCUT2D eigenvalue weighted by atomic mass is 10.2. The summed E-state index contributed by atoms with van der Waals surface area (Å²) in [5.41, 5.74) is 2.01. The minimum atomic E-state index is -3.72. The average Bonchev–Trinajstić information content (AvgIpc) is 2.73. The standard InChI is InChI=1S/C22H21ClN2O4S/c1-16-13-20(30(27,28)25-19-5-3-2-4-6-19)11-12-21(16)29-15-22(26)24-14-17-7-9-18(23)10-8-17/h2-13,25H,14-15H2,1H3,(H,24,26). The molecule has 1 amide bonds. The number of sulfonamides is 1. The van der Waals surface area contributed by atoms with Crippen LogP contribution in [0.4, 0.5) is 5.69 Å². The molecule has 0 aromatic heterocycles. The fourth-order valence-corrected chi connectivity index (χ4v) is 3.94. The van der Waals surface area contributed by atoms with Gasteiger partial charge in [0.15, 0.2) is 6.61 Å². The van der Waals surface area contributed by atoms with Gasteiger partial charge in [0.2, 0.25) is 0 Å². The number of hydrogen-bond donors (Lipinski definition) is 2. The molecule has 0 saturated heterocycles. The van der Waals surface area contributed by atoms with Crippen LogP contribution in [0, 0.1) is 6.92 Å². The van der Waals surface area contributed by atoms with E-state index in [1.807, 2.05) is 12.1 Å². The van der Waals surface area contributed by atoms with Crippen LogP contribution < -0.4 is 14.8 Å².